The van der Waals surface area contributed by atoms with Gasteiger partial charge in [-0.1, -0.05) is 60.7 Å². The second-order valence-electron chi connectivity index (χ2n) is 9.19. The van der Waals surface area contributed by atoms with Gasteiger partial charge in [0.1, 0.15) is 18.6 Å². The predicted molar refractivity (Wildman–Crippen MR) is 153 cm³/mol. The van der Waals surface area contributed by atoms with Gasteiger partial charge in [-0.3, -0.25) is 4.79 Å². The van der Waals surface area contributed by atoms with Crippen LogP contribution in [0.25, 0.3) is 0 Å². The van der Waals surface area contributed by atoms with Gasteiger partial charge in [0.25, 0.3) is 0 Å². The van der Waals surface area contributed by atoms with Crippen LogP contribution in [0.3, 0.4) is 0 Å². The molecule has 1 heterocycles. The maximum absolute atomic E-state index is 13.3. The molecule has 1 saturated heterocycles. The number of carbonyl (C=O) groups is 4. The van der Waals surface area contributed by atoms with Crippen molar-refractivity contribution >= 4 is 35.5 Å². The third-order valence-electron chi connectivity index (χ3n) is 6.24. The highest BCUT2D eigenvalue weighted by Gasteiger charge is 2.53. The Labute approximate surface area is 253 Å². The Morgan fingerprint density at radius 1 is 0.698 bits per heavy atom. The summed E-state index contributed by atoms with van der Waals surface area (Å²) in [5.74, 6) is -3.68. The monoisotopic (exact) mass is 608 g/mol. The molecule has 1 aliphatic rings. The number of halogens is 1. The lowest BCUT2D eigenvalue weighted by Gasteiger charge is -2.44. The molecule has 0 amide bonds. The molecule has 43 heavy (non-hydrogen) atoms. The second-order valence-corrected chi connectivity index (χ2v) is 9.46. The van der Waals surface area contributed by atoms with Crippen LogP contribution in [0.2, 0.25) is 0 Å². The van der Waals surface area contributed by atoms with Crippen LogP contribution in [0.5, 0.6) is 0 Å². The van der Waals surface area contributed by atoms with Crippen molar-refractivity contribution in [3.05, 3.63) is 120 Å². The Bertz CT molecular complexity index is 1380. The number of carbonyl (C=O) groups excluding carboxylic acids is 4. The van der Waals surface area contributed by atoms with Crippen LogP contribution in [-0.2, 0) is 33.2 Å². The Kier molecular flexibility index (Phi) is 11.4. The van der Waals surface area contributed by atoms with Crippen molar-refractivity contribution < 1.29 is 47.6 Å². The van der Waals surface area contributed by atoms with Crippen molar-refractivity contribution in [2.75, 3.05) is 19.1 Å². The molecule has 0 saturated carbocycles. The first-order valence-corrected chi connectivity index (χ1v) is 13.8. The zero-order chi connectivity index (χ0) is 30.6. The minimum Gasteiger partial charge on any atom is -0.459 e. The van der Waals surface area contributed by atoms with E-state index in [-0.39, 0.29) is 23.3 Å². The van der Waals surface area contributed by atoms with E-state index in [2.05, 4.69) is 6.58 Å². The average Bonchev–Trinajstić information content (AvgIpc) is 3.05. The molecule has 0 bridgehead atoms. The third-order valence-corrected chi connectivity index (χ3v) is 6.46. The van der Waals surface area contributed by atoms with E-state index in [0.717, 1.165) is 0 Å². The van der Waals surface area contributed by atoms with E-state index in [4.69, 9.17) is 40.0 Å². The molecule has 1 fully saturated rings. The maximum atomic E-state index is 13.3. The first kappa shape index (κ1) is 31.4. The Hall–Kier alpha value is -4.51. The van der Waals surface area contributed by atoms with Crippen molar-refractivity contribution in [2.45, 2.75) is 30.7 Å². The van der Waals surface area contributed by atoms with Gasteiger partial charge in [0, 0.05) is 0 Å². The molecule has 224 valence electrons. The topological polar surface area (TPSA) is 124 Å². The lowest BCUT2D eigenvalue weighted by Crippen LogP contribution is -2.63. The number of hydrogen-bond acceptors (Lipinski definition) is 10. The molecular weight excluding hydrogens is 580 g/mol. The largest absolute Gasteiger partial charge is 0.459 e. The van der Waals surface area contributed by atoms with Crippen LogP contribution in [0.4, 0.5) is 0 Å². The number of ether oxygens (including phenoxy) is 6. The van der Waals surface area contributed by atoms with Gasteiger partial charge >= 0.3 is 23.9 Å². The summed E-state index contributed by atoms with van der Waals surface area (Å²) in [7, 11) is 0. The molecule has 1 aliphatic heterocycles. The van der Waals surface area contributed by atoms with Gasteiger partial charge < -0.3 is 28.4 Å². The summed E-state index contributed by atoms with van der Waals surface area (Å²) in [5.41, 5.74) is 0.653. The molecule has 4 rings (SSSR count). The molecule has 0 aromatic heterocycles. The number of rotatable bonds is 12. The smallest absolute Gasteiger partial charge is 0.338 e. The van der Waals surface area contributed by atoms with Crippen LogP contribution in [0.15, 0.2) is 104 Å². The summed E-state index contributed by atoms with van der Waals surface area (Å²) in [5, 5.41) is 0. The SMILES string of the molecule is C=CCO[C@@H]1O[C@H](COC(=O)c2ccccc2)[C@@H](OC(=O)CCl)[C@H](OC(=O)c2ccccc2)[C@H]1OC(=O)c1ccccc1. The van der Waals surface area contributed by atoms with Crippen molar-refractivity contribution in [1.29, 1.82) is 0 Å². The van der Waals surface area contributed by atoms with E-state index >= 15 is 0 Å². The summed E-state index contributed by atoms with van der Waals surface area (Å²) in [6.45, 7) is 3.14. The molecule has 0 radical (unpaired) electrons. The summed E-state index contributed by atoms with van der Waals surface area (Å²) < 4.78 is 34.6. The zero-order valence-electron chi connectivity index (χ0n) is 22.9. The fourth-order valence-corrected chi connectivity index (χ4v) is 4.30. The van der Waals surface area contributed by atoms with Crippen molar-refractivity contribution in [3.63, 3.8) is 0 Å². The van der Waals surface area contributed by atoms with Gasteiger partial charge in [-0.25, -0.2) is 14.4 Å². The highest BCUT2D eigenvalue weighted by Crippen LogP contribution is 2.31. The van der Waals surface area contributed by atoms with Crippen molar-refractivity contribution in [2.24, 2.45) is 0 Å². The molecule has 0 unspecified atom stereocenters. The number of alkyl halides is 1. The minimum absolute atomic E-state index is 0.0495. The van der Waals surface area contributed by atoms with E-state index in [9.17, 15) is 19.2 Å². The molecule has 11 heteroatoms. The zero-order valence-corrected chi connectivity index (χ0v) is 23.7. The van der Waals surface area contributed by atoms with Gasteiger partial charge in [0.2, 0.25) is 0 Å². The minimum atomic E-state index is -1.48. The summed E-state index contributed by atoms with van der Waals surface area (Å²) >= 11 is 5.74. The standard InChI is InChI=1S/C32H29ClO10/c1-2-18-38-32-28(43-31(37)23-16-10-5-11-17-23)27(42-30(36)22-14-8-4-9-15-22)26(41-25(34)19-33)24(40-32)20-39-29(35)21-12-6-3-7-13-21/h2-17,24,26-28,32H,1,18-20H2/t24-,26-,27+,28-,32-/m1/s1. The van der Waals surface area contributed by atoms with E-state index in [0.29, 0.717) is 0 Å². The van der Waals surface area contributed by atoms with Gasteiger partial charge in [0.15, 0.2) is 24.6 Å². The van der Waals surface area contributed by atoms with Crippen molar-refractivity contribution in [3.8, 4) is 0 Å². The van der Waals surface area contributed by atoms with Crippen LogP contribution in [0, 0.1) is 0 Å². The fourth-order valence-electron chi connectivity index (χ4n) is 4.24. The summed E-state index contributed by atoms with van der Waals surface area (Å²) in [6.07, 6.45) is -5.49. The fraction of sp³-hybridized carbons (Fsp3) is 0.250. The molecule has 3 aromatic carbocycles. The van der Waals surface area contributed by atoms with E-state index in [1.165, 1.54) is 30.3 Å². The summed E-state index contributed by atoms with van der Waals surface area (Å²) in [4.78, 5) is 51.7. The molecule has 10 nitrogen and oxygen atoms in total. The van der Waals surface area contributed by atoms with Crippen molar-refractivity contribution in [1.82, 2.24) is 0 Å². The van der Waals surface area contributed by atoms with Gasteiger partial charge in [0.05, 0.1) is 23.3 Å². The number of benzene rings is 3. The Morgan fingerprint density at radius 2 is 1.19 bits per heavy atom. The predicted octanol–water partition coefficient (Wildman–Crippen LogP) is 4.37. The number of hydrogen-bond donors (Lipinski definition) is 0. The average molecular weight is 609 g/mol. The van der Waals surface area contributed by atoms with Crippen LogP contribution < -0.4 is 0 Å². The molecule has 0 aliphatic carbocycles. The normalized spacial score (nSPS) is 21.2. The second kappa shape index (κ2) is 15.6. The molecule has 5 atom stereocenters. The van der Waals surface area contributed by atoms with E-state index in [1.807, 2.05) is 0 Å². The van der Waals surface area contributed by atoms with Gasteiger partial charge in [-0.05, 0) is 36.4 Å². The lowest BCUT2D eigenvalue weighted by atomic mass is 9.97. The molecule has 0 spiro atoms. The summed E-state index contributed by atoms with van der Waals surface area (Å²) in [6, 6.07) is 24.3. The van der Waals surface area contributed by atoms with Crippen LogP contribution >= 0.6 is 11.6 Å². The first-order valence-electron chi connectivity index (χ1n) is 13.3. The van der Waals surface area contributed by atoms with Crippen LogP contribution in [0.1, 0.15) is 31.1 Å². The molecule has 0 N–H and O–H groups in total. The highest BCUT2D eigenvalue weighted by atomic mass is 35.5. The number of esters is 4. The van der Waals surface area contributed by atoms with E-state index in [1.54, 1.807) is 66.7 Å². The third kappa shape index (κ3) is 8.51. The Morgan fingerprint density at radius 3 is 1.67 bits per heavy atom. The Balaban J connectivity index is 1.70. The highest BCUT2D eigenvalue weighted by molar-refractivity contribution is 6.26. The lowest BCUT2D eigenvalue weighted by molar-refractivity contribution is -0.298. The van der Waals surface area contributed by atoms with E-state index < -0.39 is 67.1 Å². The van der Waals surface area contributed by atoms with Crippen LogP contribution in [-0.4, -0.2) is 73.7 Å². The molecule has 3 aromatic rings. The first-order chi connectivity index (χ1) is 20.9. The van der Waals surface area contributed by atoms with Gasteiger partial charge in [-0.2, -0.15) is 0 Å². The maximum Gasteiger partial charge on any atom is 0.338 e. The van der Waals surface area contributed by atoms with Gasteiger partial charge in [-0.15, -0.1) is 18.2 Å². The molecular formula is C32H29ClO10. The quantitative estimate of drug-likeness (QED) is 0.127.